The van der Waals surface area contributed by atoms with Crippen LogP contribution in [0, 0.1) is 0 Å². The van der Waals surface area contributed by atoms with Crippen LogP contribution in [0.25, 0.3) is 104 Å². The zero-order chi connectivity index (χ0) is 43.2. The first-order chi connectivity index (χ1) is 32.1. The Morgan fingerprint density at radius 2 is 0.938 bits per heavy atom. The molecule has 0 N–H and O–H groups in total. The van der Waals surface area contributed by atoms with E-state index in [1.807, 2.05) is 0 Å². The third kappa shape index (κ3) is 5.93. The SMILES string of the molecule is C=C1CC(c2cccc3oc4cccc(-c5ccc6oc7ccc(-c8ccccc8)cc7c6c5)c4c23)=C(C)C(c2ccccc2)=NC1c1ccc2c3ccccc3c3ccccc3c2c1. The molecule has 1 unspecified atom stereocenters. The molecule has 0 aliphatic carbocycles. The molecule has 3 nitrogen and oxygen atoms in total. The van der Waals surface area contributed by atoms with Crippen LogP contribution < -0.4 is 0 Å². The molecule has 10 aromatic carbocycles. The maximum Gasteiger partial charge on any atom is 0.136 e. The summed E-state index contributed by atoms with van der Waals surface area (Å²) in [5.41, 5.74) is 15.7. The standard InChI is InChI=1S/C62H41NO2/c1-37-33-51(38(2)62(40-17-7-4-8-18-40)63-61(37)43-27-30-49-47-21-10-9-19-45(47)46-20-11-12-22-48(46)52(49)36-43)50-24-14-26-58-60(50)59-44(23-13-25-57(59)65-58)42-29-32-56-54(35-42)53-34-41(28-31-55(53)64-56)39-15-5-3-6-16-39/h3-32,34-36,61H,1,33H2,2H3. The molecule has 0 spiro atoms. The molecule has 1 atom stereocenters. The van der Waals surface area contributed by atoms with Crippen molar-refractivity contribution >= 4 is 87.5 Å². The van der Waals surface area contributed by atoms with Gasteiger partial charge in [0.05, 0.1) is 11.8 Å². The molecule has 13 rings (SSSR count). The summed E-state index contributed by atoms with van der Waals surface area (Å²) in [7, 11) is 0. The molecule has 1 aliphatic rings. The molecule has 3 heterocycles. The Morgan fingerprint density at radius 1 is 0.415 bits per heavy atom. The summed E-state index contributed by atoms with van der Waals surface area (Å²) in [5, 5.41) is 11.9. The summed E-state index contributed by atoms with van der Waals surface area (Å²) in [6.45, 7) is 7.10. The number of furan rings is 2. The maximum atomic E-state index is 6.76. The molecular weight excluding hydrogens is 791 g/mol. The fourth-order valence-electron chi connectivity index (χ4n) is 10.6. The Bertz CT molecular complexity index is 3960. The molecule has 3 heteroatoms. The van der Waals surface area contributed by atoms with Gasteiger partial charge in [-0.05, 0) is 144 Å². The fraction of sp³-hybridized carbons (Fsp3) is 0.0484. The average molecular weight is 832 g/mol. The van der Waals surface area contributed by atoms with E-state index in [1.54, 1.807) is 0 Å². The van der Waals surface area contributed by atoms with Gasteiger partial charge < -0.3 is 8.83 Å². The monoisotopic (exact) mass is 831 g/mol. The number of hydrogen-bond donors (Lipinski definition) is 0. The lowest BCUT2D eigenvalue weighted by molar-refractivity contribution is 0.669. The number of allylic oxidation sites excluding steroid dienone is 2. The first kappa shape index (κ1) is 37.3. The van der Waals surface area contributed by atoms with Crippen LogP contribution in [0.2, 0.25) is 0 Å². The largest absolute Gasteiger partial charge is 0.456 e. The minimum absolute atomic E-state index is 0.262. The quantitative estimate of drug-likeness (QED) is 0.128. The first-order valence-electron chi connectivity index (χ1n) is 22.4. The van der Waals surface area contributed by atoms with Crippen molar-refractivity contribution in [3.8, 4) is 22.3 Å². The minimum atomic E-state index is -0.262. The Balaban J connectivity index is 0.979. The zero-order valence-electron chi connectivity index (χ0n) is 35.8. The van der Waals surface area contributed by atoms with Crippen LogP contribution in [-0.4, -0.2) is 5.71 Å². The van der Waals surface area contributed by atoms with Crippen molar-refractivity contribution in [1.29, 1.82) is 0 Å². The molecule has 65 heavy (non-hydrogen) atoms. The summed E-state index contributed by atoms with van der Waals surface area (Å²) < 4.78 is 13.2. The van der Waals surface area contributed by atoms with Gasteiger partial charge in [0, 0.05) is 21.5 Å². The normalized spacial score (nSPS) is 14.7. The Labute approximate surface area is 375 Å². The smallest absolute Gasteiger partial charge is 0.136 e. The van der Waals surface area contributed by atoms with E-state index in [-0.39, 0.29) is 6.04 Å². The highest BCUT2D eigenvalue weighted by molar-refractivity contribution is 6.26. The molecule has 0 amide bonds. The second-order valence-corrected chi connectivity index (χ2v) is 17.4. The van der Waals surface area contributed by atoms with E-state index in [9.17, 15) is 0 Å². The minimum Gasteiger partial charge on any atom is -0.456 e. The molecule has 0 bridgehead atoms. The summed E-state index contributed by atoms with van der Waals surface area (Å²) >= 11 is 0. The van der Waals surface area contributed by atoms with Crippen LogP contribution in [0.3, 0.4) is 0 Å². The third-order valence-corrected chi connectivity index (χ3v) is 13.7. The highest BCUT2D eigenvalue weighted by Gasteiger charge is 2.28. The van der Waals surface area contributed by atoms with Gasteiger partial charge in [-0.1, -0.05) is 164 Å². The zero-order valence-corrected chi connectivity index (χ0v) is 35.8. The highest BCUT2D eigenvalue weighted by atomic mass is 16.3. The summed E-state index contributed by atoms with van der Waals surface area (Å²) in [5.74, 6) is 0. The van der Waals surface area contributed by atoms with Crippen LogP contribution in [0.4, 0.5) is 0 Å². The van der Waals surface area contributed by atoms with Crippen LogP contribution in [0.5, 0.6) is 0 Å². The average Bonchev–Trinajstić information content (AvgIpc) is 3.90. The Kier molecular flexibility index (Phi) is 8.41. The predicted octanol–water partition coefficient (Wildman–Crippen LogP) is 17.2. The van der Waals surface area contributed by atoms with E-state index < -0.39 is 0 Å². The van der Waals surface area contributed by atoms with Gasteiger partial charge in [-0.25, -0.2) is 0 Å². The van der Waals surface area contributed by atoms with Crippen molar-refractivity contribution in [3.63, 3.8) is 0 Å². The number of hydrogen-bond acceptors (Lipinski definition) is 3. The summed E-state index contributed by atoms with van der Waals surface area (Å²) in [4.78, 5) is 5.70. The molecule has 0 fully saturated rings. The molecule has 0 radical (unpaired) electrons. The van der Waals surface area contributed by atoms with E-state index in [0.29, 0.717) is 6.42 Å². The van der Waals surface area contributed by atoms with Crippen LogP contribution in [0.15, 0.2) is 232 Å². The van der Waals surface area contributed by atoms with Gasteiger partial charge in [-0.2, -0.15) is 0 Å². The van der Waals surface area contributed by atoms with Crippen molar-refractivity contribution in [3.05, 3.63) is 235 Å². The summed E-state index contributed by atoms with van der Waals surface area (Å²) in [6.07, 6.45) is 0.650. The Hall–Kier alpha value is -8.27. The van der Waals surface area contributed by atoms with Crippen molar-refractivity contribution in [1.82, 2.24) is 0 Å². The van der Waals surface area contributed by atoms with Gasteiger partial charge >= 0.3 is 0 Å². The van der Waals surface area contributed by atoms with E-state index in [1.165, 1.54) is 43.5 Å². The Morgan fingerprint density at radius 3 is 1.60 bits per heavy atom. The van der Waals surface area contributed by atoms with Crippen molar-refractivity contribution < 1.29 is 8.83 Å². The molecule has 12 aromatic rings. The van der Waals surface area contributed by atoms with E-state index in [0.717, 1.165) is 94.1 Å². The van der Waals surface area contributed by atoms with E-state index >= 15 is 0 Å². The molecule has 0 saturated heterocycles. The lowest BCUT2D eigenvalue weighted by Gasteiger charge is -2.18. The number of nitrogens with zero attached hydrogens (tertiary/aromatic N) is 1. The molecule has 1 aliphatic heterocycles. The van der Waals surface area contributed by atoms with Crippen molar-refractivity contribution in [2.24, 2.45) is 4.99 Å². The van der Waals surface area contributed by atoms with E-state index in [4.69, 9.17) is 20.4 Å². The topological polar surface area (TPSA) is 38.6 Å². The van der Waals surface area contributed by atoms with Crippen molar-refractivity contribution in [2.75, 3.05) is 0 Å². The van der Waals surface area contributed by atoms with E-state index in [2.05, 4.69) is 207 Å². The number of benzene rings is 10. The van der Waals surface area contributed by atoms with Crippen LogP contribution in [0.1, 0.15) is 36.1 Å². The molecule has 0 saturated carbocycles. The van der Waals surface area contributed by atoms with Gasteiger partial charge in [0.1, 0.15) is 22.3 Å². The van der Waals surface area contributed by atoms with Gasteiger partial charge in [0.15, 0.2) is 0 Å². The number of fused-ring (bicyclic) bond motifs is 12. The fourth-order valence-corrected chi connectivity index (χ4v) is 10.6. The maximum absolute atomic E-state index is 6.76. The molecule has 2 aromatic heterocycles. The van der Waals surface area contributed by atoms with Gasteiger partial charge in [0.25, 0.3) is 0 Å². The number of aliphatic imine (C=N–C) groups is 1. The first-order valence-corrected chi connectivity index (χ1v) is 22.4. The molecular formula is C62H41NO2. The predicted molar refractivity (Wildman–Crippen MR) is 273 cm³/mol. The lowest BCUT2D eigenvalue weighted by Crippen LogP contribution is -2.06. The highest BCUT2D eigenvalue weighted by Crippen LogP contribution is 2.47. The van der Waals surface area contributed by atoms with Crippen LogP contribution >= 0.6 is 0 Å². The second-order valence-electron chi connectivity index (χ2n) is 17.4. The van der Waals surface area contributed by atoms with Crippen LogP contribution in [-0.2, 0) is 0 Å². The second kappa shape index (κ2) is 14.7. The van der Waals surface area contributed by atoms with Gasteiger partial charge in [-0.3, -0.25) is 4.99 Å². The number of rotatable bonds is 5. The molecule has 306 valence electrons. The van der Waals surface area contributed by atoms with Gasteiger partial charge in [0.2, 0.25) is 0 Å². The van der Waals surface area contributed by atoms with Crippen molar-refractivity contribution in [2.45, 2.75) is 19.4 Å². The summed E-state index contributed by atoms with van der Waals surface area (Å²) in [6, 6.07) is 71.3. The van der Waals surface area contributed by atoms with Gasteiger partial charge in [-0.15, -0.1) is 0 Å². The third-order valence-electron chi connectivity index (χ3n) is 13.7. The lowest BCUT2D eigenvalue weighted by atomic mass is 9.86.